The number of benzene rings is 2. The van der Waals surface area contributed by atoms with Crippen molar-refractivity contribution in [2.24, 2.45) is 0 Å². The molecule has 156 valence electrons. The second kappa shape index (κ2) is 7.51. The highest BCUT2D eigenvalue weighted by atomic mass is 35.5. The lowest BCUT2D eigenvalue weighted by atomic mass is 9.98. The van der Waals surface area contributed by atoms with Gasteiger partial charge < -0.3 is 9.15 Å². The van der Waals surface area contributed by atoms with Crippen LogP contribution >= 0.6 is 22.9 Å². The molecule has 1 unspecified atom stereocenters. The standard InChI is InChI=1S/C23H17ClN2O4S/c1-3-29-15-7-4-13(5-8-15)19-18-20(27)16-10-14(24)6-9-17(16)30-21(18)22(28)26(19)23-25-12(2)11-31-23/h4-11,19H,3H2,1-2H3. The molecule has 0 bridgehead atoms. The highest BCUT2D eigenvalue weighted by Gasteiger charge is 2.44. The first-order valence-electron chi connectivity index (χ1n) is 9.72. The molecule has 5 rings (SSSR count). The number of aryl methyl sites for hydroxylation is 1. The third kappa shape index (κ3) is 3.21. The zero-order valence-electron chi connectivity index (χ0n) is 16.7. The molecule has 8 heteroatoms. The van der Waals surface area contributed by atoms with Crippen LogP contribution in [-0.4, -0.2) is 17.5 Å². The molecule has 4 aromatic rings. The van der Waals surface area contributed by atoms with Crippen molar-refractivity contribution in [1.82, 2.24) is 4.98 Å². The molecule has 31 heavy (non-hydrogen) atoms. The normalized spacial score (nSPS) is 15.5. The Morgan fingerprint density at radius 1 is 1.19 bits per heavy atom. The summed E-state index contributed by atoms with van der Waals surface area (Å²) in [6.45, 7) is 4.32. The van der Waals surface area contributed by atoms with Gasteiger partial charge in [-0.3, -0.25) is 14.5 Å². The Bertz CT molecular complexity index is 1380. The van der Waals surface area contributed by atoms with Crippen molar-refractivity contribution in [3.8, 4) is 5.75 Å². The lowest BCUT2D eigenvalue weighted by Gasteiger charge is -2.22. The molecule has 1 aliphatic rings. The average molecular weight is 453 g/mol. The van der Waals surface area contributed by atoms with Gasteiger partial charge >= 0.3 is 0 Å². The molecule has 2 aromatic heterocycles. The quantitative estimate of drug-likeness (QED) is 0.416. The van der Waals surface area contributed by atoms with Gasteiger partial charge in [-0.25, -0.2) is 4.98 Å². The van der Waals surface area contributed by atoms with E-state index in [0.29, 0.717) is 33.5 Å². The van der Waals surface area contributed by atoms with E-state index in [9.17, 15) is 9.59 Å². The Balaban J connectivity index is 1.76. The Morgan fingerprint density at radius 3 is 2.65 bits per heavy atom. The first-order chi connectivity index (χ1) is 15.0. The molecule has 1 aliphatic heterocycles. The summed E-state index contributed by atoms with van der Waals surface area (Å²) in [4.78, 5) is 33.0. The minimum Gasteiger partial charge on any atom is -0.494 e. The number of thiazole rings is 1. The number of aromatic nitrogens is 1. The van der Waals surface area contributed by atoms with E-state index >= 15 is 0 Å². The van der Waals surface area contributed by atoms with E-state index < -0.39 is 11.9 Å². The summed E-state index contributed by atoms with van der Waals surface area (Å²) in [6, 6.07) is 11.5. The monoisotopic (exact) mass is 452 g/mol. The number of fused-ring (bicyclic) bond motifs is 2. The smallest absolute Gasteiger partial charge is 0.297 e. The fourth-order valence-electron chi connectivity index (χ4n) is 3.82. The van der Waals surface area contributed by atoms with Gasteiger partial charge in [-0.1, -0.05) is 23.7 Å². The van der Waals surface area contributed by atoms with Gasteiger partial charge in [0.15, 0.2) is 10.6 Å². The van der Waals surface area contributed by atoms with Crippen molar-refractivity contribution in [2.75, 3.05) is 11.5 Å². The number of halogens is 1. The molecule has 0 saturated heterocycles. The van der Waals surface area contributed by atoms with Gasteiger partial charge in [0, 0.05) is 10.4 Å². The minimum absolute atomic E-state index is 0.0339. The fourth-order valence-corrected chi connectivity index (χ4v) is 4.82. The van der Waals surface area contributed by atoms with Gasteiger partial charge in [0.2, 0.25) is 5.76 Å². The summed E-state index contributed by atoms with van der Waals surface area (Å²) in [7, 11) is 0. The molecule has 0 spiro atoms. The number of carbonyl (C=O) groups excluding carboxylic acids is 1. The van der Waals surface area contributed by atoms with Crippen molar-refractivity contribution >= 4 is 44.9 Å². The van der Waals surface area contributed by atoms with Crippen LogP contribution in [0.4, 0.5) is 5.13 Å². The van der Waals surface area contributed by atoms with Gasteiger partial charge in [0.1, 0.15) is 11.3 Å². The summed E-state index contributed by atoms with van der Waals surface area (Å²) in [6.07, 6.45) is 0. The van der Waals surface area contributed by atoms with E-state index in [1.807, 2.05) is 43.5 Å². The van der Waals surface area contributed by atoms with E-state index in [1.54, 1.807) is 18.2 Å². The number of carbonyl (C=O) groups is 1. The van der Waals surface area contributed by atoms with Gasteiger partial charge in [-0.2, -0.15) is 0 Å². The number of hydrogen-bond donors (Lipinski definition) is 0. The fraction of sp³-hybridized carbons (Fsp3) is 0.174. The molecule has 2 aromatic carbocycles. The number of ether oxygens (including phenoxy) is 1. The molecular formula is C23H17ClN2O4S. The molecular weight excluding hydrogens is 436 g/mol. The summed E-state index contributed by atoms with van der Waals surface area (Å²) in [5.41, 5.74) is 1.89. The molecule has 0 radical (unpaired) electrons. The number of hydrogen-bond acceptors (Lipinski definition) is 6. The number of anilines is 1. The van der Waals surface area contributed by atoms with E-state index in [0.717, 1.165) is 11.3 Å². The van der Waals surface area contributed by atoms with Crippen molar-refractivity contribution in [3.63, 3.8) is 0 Å². The zero-order valence-corrected chi connectivity index (χ0v) is 18.3. The highest BCUT2D eigenvalue weighted by molar-refractivity contribution is 7.14. The maximum atomic E-state index is 13.5. The molecule has 6 nitrogen and oxygen atoms in total. The highest BCUT2D eigenvalue weighted by Crippen LogP contribution is 2.42. The summed E-state index contributed by atoms with van der Waals surface area (Å²) in [5, 5.41) is 3.14. The molecule has 0 fully saturated rings. The van der Waals surface area contributed by atoms with Crippen molar-refractivity contribution in [3.05, 3.63) is 85.7 Å². The van der Waals surface area contributed by atoms with Crippen LogP contribution in [0.3, 0.4) is 0 Å². The number of rotatable bonds is 4. The molecule has 1 atom stereocenters. The second-order valence-corrected chi connectivity index (χ2v) is 8.44. The Hall–Kier alpha value is -3.16. The number of nitrogens with zero attached hydrogens (tertiary/aromatic N) is 2. The Kier molecular flexibility index (Phi) is 4.79. The van der Waals surface area contributed by atoms with Crippen LogP contribution in [0.25, 0.3) is 11.0 Å². The van der Waals surface area contributed by atoms with E-state index in [2.05, 4.69) is 4.98 Å². The van der Waals surface area contributed by atoms with Crippen LogP contribution in [0.5, 0.6) is 5.75 Å². The summed E-state index contributed by atoms with van der Waals surface area (Å²) >= 11 is 7.47. The minimum atomic E-state index is -0.664. The lowest BCUT2D eigenvalue weighted by molar-refractivity contribution is 0.0971. The van der Waals surface area contributed by atoms with Crippen LogP contribution in [0.15, 0.2) is 57.1 Å². The Labute approximate surface area is 186 Å². The predicted octanol–water partition coefficient (Wildman–Crippen LogP) is 5.36. The molecule has 0 aliphatic carbocycles. The van der Waals surface area contributed by atoms with Gasteiger partial charge in [0.05, 0.1) is 29.3 Å². The van der Waals surface area contributed by atoms with Gasteiger partial charge in [-0.15, -0.1) is 11.3 Å². The van der Waals surface area contributed by atoms with Gasteiger partial charge in [-0.05, 0) is 49.7 Å². The van der Waals surface area contributed by atoms with Gasteiger partial charge in [0.25, 0.3) is 5.91 Å². The van der Waals surface area contributed by atoms with E-state index in [4.69, 9.17) is 20.8 Å². The largest absolute Gasteiger partial charge is 0.494 e. The topological polar surface area (TPSA) is 72.6 Å². The van der Waals surface area contributed by atoms with Crippen LogP contribution in [0.1, 0.15) is 40.3 Å². The first kappa shape index (κ1) is 19.8. The molecule has 3 heterocycles. The zero-order chi connectivity index (χ0) is 21.7. The summed E-state index contributed by atoms with van der Waals surface area (Å²) < 4.78 is 11.5. The van der Waals surface area contributed by atoms with E-state index in [1.165, 1.54) is 16.2 Å². The molecule has 1 amide bonds. The lowest BCUT2D eigenvalue weighted by Crippen LogP contribution is -2.29. The van der Waals surface area contributed by atoms with Crippen LogP contribution in [0.2, 0.25) is 5.02 Å². The van der Waals surface area contributed by atoms with Crippen molar-refractivity contribution in [2.45, 2.75) is 19.9 Å². The van der Waals surface area contributed by atoms with Crippen LogP contribution in [0, 0.1) is 6.92 Å². The maximum Gasteiger partial charge on any atom is 0.297 e. The SMILES string of the molecule is CCOc1ccc(C2c3c(oc4ccc(Cl)cc4c3=O)C(=O)N2c2nc(C)cs2)cc1. The third-order valence-electron chi connectivity index (χ3n) is 5.15. The molecule has 0 saturated carbocycles. The second-order valence-electron chi connectivity index (χ2n) is 7.17. The third-order valence-corrected chi connectivity index (χ3v) is 6.34. The Morgan fingerprint density at radius 2 is 1.97 bits per heavy atom. The molecule has 0 N–H and O–H groups in total. The predicted molar refractivity (Wildman–Crippen MR) is 121 cm³/mol. The number of amides is 1. The average Bonchev–Trinajstić information content (AvgIpc) is 3.31. The van der Waals surface area contributed by atoms with Crippen molar-refractivity contribution in [1.29, 1.82) is 0 Å². The summed E-state index contributed by atoms with van der Waals surface area (Å²) in [5.74, 6) is 0.355. The van der Waals surface area contributed by atoms with Crippen LogP contribution < -0.4 is 15.1 Å². The first-order valence-corrected chi connectivity index (χ1v) is 11.0. The van der Waals surface area contributed by atoms with Crippen molar-refractivity contribution < 1.29 is 13.9 Å². The van der Waals surface area contributed by atoms with E-state index in [-0.39, 0.29) is 16.8 Å². The maximum absolute atomic E-state index is 13.5. The van der Waals surface area contributed by atoms with Crippen LogP contribution in [-0.2, 0) is 0 Å².